The first-order valence-electron chi connectivity index (χ1n) is 10.3. The van der Waals surface area contributed by atoms with Crippen LogP contribution in [0.2, 0.25) is 0 Å². The van der Waals surface area contributed by atoms with Crippen LogP contribution in [0.15, 0.2) is 6.20 Å². The number of nitrogens with one attached hydrogen (secondary N) is 1. The minimum atomic E-state index is -0.238. The maximum atomic E-state index is 13.1. The fourth-order valence-electron chi connectivity index (χ4n) is 4.28. The Morgan fingerprint density at radius 1 is 1.14 bits per heavy atom. The second-order valence-corrected chi connectivity index (χ2v) is 8.62. The molecule has 0 unspecified atom stereocenters. The van der Waals surface area contributed by atoms with Gasteiger partial charge in [-0.1, -0.05) is 23.8 Å². The van der Waals surface area contributed by atoms with Crippen molar-refractivity contribution < 1.29 is 9.59 Å². The molecule has 8 nitrogen and oxygen atoms in total. The fourth-order valence-corrected chi connectivity index (χ4v) is 4.89. The van der Waals surface area contributed by atoms with Crippen molar-refractivity contribution in [2.24, 2.45) is 0 Å². The zero-order valence-corrected chi connectivity index (χ0v) is 17.7. The van der Waals surface area contributed by atoms with Crippen molar-refractivity contribution in [3.05, 3.63) is 33.8 Å². The highest BCUT2D eigenvalue weighted by Gasteiger charge is 2.36. The summed E-state index contributed by atoms with van der Waals surface area (Å²) in [5.74, 6) is 0.376. The number of aromatic nitrogens is 4. The summed E-state index contributed by atoms with van der Waals surface area (Å²) >= 11 is 1.11. The van der Waals surface area contributed by atoms with Gasteiger partial charge in [0.15, 0.2) is 0 Å². The van der Waals surface area contributed by atoms with E-state index >= 15 is 0 Å². The molecule has 1 aliphatic heterocycles. The Bertz CT molecular complexity index is 908. The summed E-state index contributed by atoms with van der Waals surface area (Å²) in [6.07, 6.45) is 8.81. The highest BCUT2D eigenvalue weighted by Crippen LogP contribution is 2.34. The molecule has 2 aromatic heterocycles. The van der Waals surface area contributed by atoms with Crippen LogP contribution in [-0.4, -0.2) is 48.9 Å². The van der Waals surface area contributed by atoms with E-state index in [0.717, 1.165) is 50.1 Å². The molecule has 1 saturated heterocycles. The normalized spacial score (nSPS) is 20.1. The van der Waals surface area contributed by atoms with E-state index in [4.69, 9.17) is 0 Å². The lowest BCUT2D eigenvalue weighted by Crippen LogP contribution is -2.38. The molecule has 0 aromatic carbocycles. The Balaban J connectivity index is 1.61. The van der Waals surface area contributed by atoms with E-state index in [1.54, 1.807) is 18.0 Å². The number of aryl methyl sites for hydroxylation is 2. The molecular formula is C20H26N6O2S. The predicted molar refractivity (Wildman–Crippen MR) is 109 cm³/mol. The number of carbonyl (C=O) groups is 2. The second kappa shape index (κ2) is 8.52. The third-order valence-corrected chi connectivity index (χ3v) is 6.61. The van der Waals surface area contributed by atoms with E-state index in [2.05, 4.69) is 24.9 Å². The summed E-state index contributed by atoms with van der Waals surface area (Å²) in [4.78, 5) is 37.4. The van der Waals surface area contributed by atoms with Crippen LogP contribution in [0.1, 0.15) is 88.2 Å². The van der Waals surface area contributed by atoms with Crippen LogP contribution < -0.4 is 5.32 Å². The van der Waals surface area contributed by atoms with Crippen LogP contribution in [0.5, 0.6) is 0 Å². The van der Waals surface area contributed by atoms with Gasteiger partial charge in [-0.3, -0.25) is 9.59 Å². The molecule has 1 N–H and O–H groups in total. The van der Waals surface area contributed by atoms with Crippen LogP contribution in [-0.2, 0) is 0 Å². The van der Waals surface area contributed by atoms with E-state index in [1.165, 1.54) is 6.42 Å². The number of likely N-dealkylation sites (tertiary alicyclic amines) is 1. The van der Waals surface area contributed by atoms with Gasteiger partial charge in [0.05, 0.1) is 23.0 Å². The number of hydrogen-bond donors (Lipinski definition) is 1. The van der Waals surface area contributed by atoms with Crippen LogP contribution >= 0.6 is 11.5 Å². The first-order chi connectivity index (χ1) is 14.0. The number of carbonyl (C=O) groups excluding carboxylic acids is 2. The van der Waals surface area contributed by atoms with Crippen molar-refractivity contribution in [3.8, 4) is 0 Å². The zero-order chi connectivity index (χ0) is 20.4. The summed E-state index contributed by atoms with van der Waals surface area (Å²) < 4.78 is 3.89. The van der Waals surface area contributed by atoms with Gasteiger partial charge in [0.2, 0.25) is 0 Å². The third kappa shape index (κ3) is 4.14. The Morgan fingerprint density at radius 3 is 2.66 bits per heavy atom. The van der Waals surface area contributed by atoms with Gasteiger partial charge in [0, 0.05) is 18.8 Å². The number of amides is 2. The molecule has 2 aromatic rings. The molecule has 2 amide bonds. The van der Waals surface area contributed by atoms with Crippen molar-refractivity contribution in [1.82, 2.24) is 29.8 Å². The average Bonchev–Trinajstić information content (AvgIpc) is 3.37. The number of nitrogens with zero attached hydrogens (tertiary/aromatic N) is 5. The number of rotatable bonds is 4. The smallest absolute Gasteiger partial charge is 0.268 e. The minimum absolute atomic E-state index is 0.0881. The van der Waals surface area contributed by atoms with Crippen LogP contribution in [0, 0.1) is 13.8 Å². The molecule has 4 rings (SSSR count). The lowest BCUT2D eigenvalue weighted by atomic mass is 9.95. The van der Waals surface area contributed by atoms with Gasteiger partial charge in [-0.05, 0) is 51.1 Å². The van der Waals surface area contributed by atoms with Crippen molar-refractivity contribution in [1.29, 1.82) is 0 Å². The lowest BCUT2D eigenvalue weighted by Gasteiger charge is -2.27. The van der Waals surface area contributed by atoms with E-state index in [-0.39, 0.29) is 23.9 Å². The Hall–Kier alpha value is -2.42. The molecule has 9 heteroatoms. The van der Waals surface area contributed by atoms with E-state index in [9.17, 15) is 9.59 Å². The molecule has 2 fully saturated rings. The fraction of sp³-hybridized carbons (Fsp3) is 0.600. The van der Waals surface area contributed by atoms with Crippen LogP contribution in [0.25, 0.3) is 0 Å². The van der Waals surface area contributed by atoms with Gasteiger partial charge in [0.1, 0.15) is 10.7 Å². The highest BCUT2D eigenvalue weighted by molar-refractivity contribution is 7.07. The van der Waals surface area contributed by atoms with Gasteiger partial charge in [0.25, 0.3) is 11.8 Å². The lowest BCUT2D eigenvalue weighted by molar-refractivity contribution is 0.0732. The van der Waals surface area contributed by atoms with Gasteiger partial charge >= 0.3 is 0 Å². The Morgan fingerprint density at radius 2 is 1.93 bits per heavy atom. The van der Waals surface area contributed by atoms with E-state index < -0.39 is 0 Å². The largest absolute Gasteiger partial charge is 0.349 e. The maximum Gasteiger partial charge on any atom is 0.268 e. The van der Waals surface area contributed by atoms with Gasteiger partial charge in [-0.25, -0.2) is 9.97 Å². The number of hydrogen-bond acceptors (Lipinski definition) is 7. The first-order valence-corrected chi connectivity index (χ1v) is 11.1. The summed E-state index contributed by atoms with van der Waals surface area (Å²) in [7, 11) is 0. The molecule has 0 radical (unpaired) electrons. The molecule has 3 heterocycles. The monoisotopic (exact) mass is 414 g/mol. The first kappa shape index (κ1) is 19.9. The maximum absolute atomic E-state index is 13.1. The second-order valence-electron chi connectivity index (χ2n) is 7.87. The average molecular weight is 415 g/mol. The Labute approximate surface area is 174 Å². The molecule has 1 atom stereocenters. The zero-order valence-electron chi connectivity index (χ0n) is 16.8. The quantitative estimate of drug-likeness (QED) is 0.825. The summed E-state index contributed by atoms with van der Waals surface area (Å²) in [5, 5.41) is 7.12. The highest BCUT2D eigenvalue weighted by atomic mass is 32.1. The van der Waals surface area contributed by atoms with Crippen molar-refractivity contribution >= 4 is 23.3 Å². The van der Waals surface area contributed by atoms with Crippen LogP contribution in [0.4, 0.5) is 0 Å². The van der Waals surface area contributed by atoms with Crippen LogP contribution in [0.3, 0.4) is 0 Å². The van der Waals surface area contributed by atoms with Gasteiger partial charge < -0.3 is 10.2 Å². The molecule has 1 aliphatic carbocycles. The minimum Gasteiger partial charge on any atom is -0.349 e. The predicted octanol–water partition coefficient (Wildman–Crippen LogP) is 2.98. The molecule has 1 saturated carbocycles. The summed E-state index contributed by atoms with van der Waals surface area (Å²) in [6.45, 7) is 4.23. The van der Waals surface area contributed by atoms with Gasteiger partial charge in [-0.2, -0.15) is 0 Å². The van der Waals surface area contributed by atoms with Crippen molar-refractivity contribution in [3.63, 3.8) is 0 Å². The van der Waals surface area contributed by atoms with E-state index in [0.29, 0.717) is 34.2 Å². The molecule has 2 aliphatic rings. The molecular weight excluding hydrogens is 388 g/mol. The Kier molecular flexibility index (Phi) is 5.84. The molecule has 29 heavy (non-hydrogen) atoms. The summed E-state index contributed by atoms with van der Waals surface area (Å²) in [6, 6.07) is -0.0320. The summed E-state index contributed by atoms with van der Waals surface area (Å²) in [5.41, 5.74) is 1.76. The third-order valence-electron chi connectivity index (χ3n) is 5.80. The van der Waals surface area contributed by atoms with Crippen molar-refractivity contribution in [2.75, 3.05) is 6.54 Å². The van der Waals surface area contributed by atoms with Crippen molar-refractivity contribution in [2.45, 2.75) is 70.9 Å². The molecule has 0 spiro atoms. The van der Waals surface area contributed by atoms with Gasteiger partial charge in [-0.15, -0.1) is 5.10 Å². The standard InChI is InChI=1S/C20H26N6O2S/c1-12-18(29-25-24-12)20(28)26-10-6-9-16(26)17-15(11-21-13(2)22-17)19(27)23-14-7-4-3-5-8-14/h11,14,16H,3-10H2,1-2H3,(H,23,27)/t16-/m1/s1. The SMILES string of the molecule is Cc1ncc(C(=O)NC2CCCCC2)c([C@H]2CCCN2C(=O)c2snnc2C)n1. The topological polar surface area (TPSA) is 101 Å². The molecule has 154 valence electrons. The van der Waals surface area contributed by atoms with E-state index in [1.807, 2.05) is 6.92 Å². The molecule has 0 bridgehead atoms.